The lowest BCUT2D eigenvalue weighted by molar-refractivity contribution is 0.537. The summed E-state index contributed by atoms with van der Waals surface area (Å²) in [6.45, 7) is 0. The second kappa shape index (κ2) is 1.27. The van der Waals surface area contributed by atoms with Gasteiger partial charge in [-0.3, -0.25) is 0 Å². The number of nitrogens with zero attached hydrogens (tertiary/aromatic N) is 4. The molecule has 42 valence electrons. The first-order valence-electron chi connectivity index (χ1n) is 2.69. The molecule has 0 radical (unpaired) electrons. The van der Waals surface area contributed by atoms with Crippen LogP contribution in [0.4, 0.5) is 0 Å². The van der Waals surface area contributed by atoms with Gasteiger partial charge in [0.2, 0.25) is 0 Å². The van der Waals surface area contributed by atoms with Crippen LogP contribution in [0.1, 0.15) is 18.9 Å². The third-order valence-electron chi connectivity index (χ3n) is 1.24. The molecule has 0 saturated heterocycles. The predicted octanol–water partition coefficient (Wildman–Crippen LogP) is 0.00800. The number of aromatic nitrogens is 4. The molecular weight excluding hydrogens is 104 g/mol. The van der Waals surface area contributed by atoms with Gasteiger partial charge in [-0.25, -0.2) is 0 Å². The maximum Gasteiger partial charge on any atom is 0.162 e. The minimum Gasteiger partial charge on any atom is -0.161 e. The van der Waals surface area contributed by atoms with Gasteiger partial charge in [-0.2, -0.15) is 4.80 Å². The summed E-state index contributed by atoms with van der Waals surface area (Å²) >= 11 is 0. The monoisotopic (exact) mass is 110 g/mol. The fourth-order valence-electron chi connectivity index (χ4n) is 0.648. The molecule has 0 aromatic carbocycles. The fourth-order valence-corrected chi connectivity index (χ4v) is 0.648. The summed E-state index contributed by atoms with van der Waals surface area (Å²) in [6.07, 6.45) is 3.91. The highest BCUT2D eigenvalue weighted by Crippen LogP contribution is 2.32. The zero-order chi connectivity index (χ0) is 5.40. The number of tetrazole rings is 1. The van der Waals surface area contributed by atoms with Crippen LogP contribution in [-0.2, 0) is 0 Å². The van der Waals surface area contributed by atoms with E-state index in [9.17, 15) is 0 Å². The smallest absolute Gasteiger partial charge is 0.161 e. The van der Waals surface area contributed by atoms with E-state index in [-0.39, 0.29) is 0 Å². The van der Waals surface area contributed by atoms with Crippen LogP contribution in [0.3, 0.4) is 0 Å². The zero-order valence-electron chi connectivity index (χ0n) is 4.36. The SMILES string of the molecule is c1nnn(C2CC2)n1. The van der Waals surface area contributed by atoms with E-state index < -0.39 is 0 Å². The van der Waals surface area contributed by atoms with Crippen molar-refractivity contribution in [2.45, 2.75) is 18.9 Å². The Balaban J connectivity index is 2.28. The van der Waals surface area contributed by atoms with E-state index in [2.05, 4.69) is 15.4 Å². The fraction of sp³-hybridized carbons (Fsp3) is 0.750. The van der Waals surface area contributed by atoms with E-state index in [0.29, 0.717) is 6.04 Å². The summed E-state index contributed by atoms with van der Waals surface area (Å²) in [7, 11) is 0. The molecule has 0 N–H and O–H groups in total. The van der Waals surface area contributed by atoms with Crippen LogP contribution >= 0.6 is 0 Å². The molecule has 1 aromatic heterocycles. The maximum absolute atomic E-state index is 3.87. The molecular formula is C4H6N4. The maximum atomic E-state index is 3.87. The molecule has 0 bridgehead atoms. The highest BCUT2D eigenvalue weighted by Gasteiger charge is 2.24. The van der Waals surface area contributed by atoms with E-state index in [1.807, 2.05) is 0 Å². The van der Waals surface area contributed by atoms with Crippen LogP contribution in [0.25, 0.3) is 0 Å². The molecule has 1 fully saturated rings. The van der Waals surface area contributed by atoms with Crippen molar-refractivity contribution in [3.05, 3.63) is 6.33 Å². The molecule has 1 aliphatic rings. The van der Waals surface area contributed by atoms with Crippen molar-refractivity contribution < 1.29 is 0 Å². The normalized spacial score (nSPS) is 19.0. The molecule has 1 saturated carbocycles. The average Bonchev–Trinajstić information content (AvgIpc) is 2.49. The molecule has 1 aromatic rings. The van der Waals surface area contributed by atoms with E-state index >= 15 is 0 Å². The van der Waals surface area contributed by atoms with Crippen LogP contribution in [0, 0.1) is 0 Å². The quantitative estimate of drug-likeness (QED) is 0.511. The number of hydrogen-bond acceptors (Lipinski definition) is 3. The van der Waals surface area contributed by atoms with Crippen molar-refractivity contribution in [2.24, 2.45) is 0 Å². The van der Waals surface area contributed by atoms with Crippen molar-refractivity contribution in [3.8, 4) is 0 Å². The van der Waals surface area contributed by atoms with Crippen LogP contribution < -0.4 is 0 Å². The molecule has 0 unspecified atom stereocenters. The molecule has 4 heteroatoms. The lowest BCUT2D eigenvalue weighted by Crippen LogP contribution is -1.97. The lowest BCUT2D eigenvalue weighted by atomic mass is 10.8. The zero-order valence-corrected chi connectivity index (χ0v) is 4.36. The topological polar surface area (TPSA) is 43.6 Å². The van der Waals surface area contributed by atoms with Gasteiger partial charge < -0.3 is 0 Å². The first kappa shape index (κ1) is 4.00. The molecule has 8 heavy (non-hydrogen) atoms. The minimum atomic E-state index is 0.567. The van der Waals surface area contributed by atoms with E-state index in [0.717, 1.165) is 0 Å². The molecule has 0 atom stereocenters. The van der Waals surface area contributed by atoms with Gasteiger partial charge >= 0.3 is 0 Å². The van der Waals surface area contributed by atoms with Gasteiger partial charge in [-0.15, -0.1) is 10.2 Å². The van der Waals surface area contributed by atoms with Crippen molar-refractivity contribution in [1.29, 1.82) is 0 Å². The highest BCUT2D eigenvalue weighted by molar-refractivity contribution is 4.74. The van der Waals surface area contributed by atoms with Gasteiger partial charge in [-0.05, 0) is 18.1 Å². The Bertz CT molecular complexity index is 164. The summed E-state index contributed by atoms with van der Waals surface area (Å²) in [5.74, 6) is 0. The second-order valence-corrected chi connectivity index (χ2v) is 1.99. The molecule has 0 amide bonds. The van der Waals surface area contributed by atoms with Gasteiger partial charge in [0.05, 0.1) is 6.04 Å². The lowest BCUT2D eigenvalue weighted by Gasteiger charge is -1.86. The molecule has 1 heterocycles. The third-order valence-corrected chi connectivity index (χ3v) is 1.24. The van der Waals surface area contributed by atoms with Crippen LogP contribution in [0.5, 0.6) is 0 Å². The Kier molecular flexibility index (Phi) is 0.637. The van der Waals surface area contributed by atoms with Crippen LogP contribution in [0.2, 0.25) is 0 Å². The Morgan fingerprint density at radius 2 is 2.38 bits per heavy atom. The summed E-state index contributed by atoms with van der Waals surface area (Å²) < 4.78 is 0. The summed E-state index contributed by atoms with van der Waals surface area (Å²) in [4.78, 5) is 1.67. The summed E-state index contributed by atoms with van der Waals surface area (Å²) in [6, 6.07) is 0.567. The Morgan fingerprint density at radius 3 is 2.88 bits per heavy atom. The number of hydrogen-bond donors (Lipinski definition) is 0. The molecule has 0 spiro atoms. The molecule has 0 aliphatic heterocycles. The number of rotatable bonds is 1. The third kappa shape index (κ3) is 0.492. The van der Waals surface area contributed by atoms with Crippen molar-refractivity contribution in [3.63, 3.8) is 0 Å². The van der Waals surface area contributed by atoms with E-state index in [1.165, 1.54) is 19.2 Å². The van der Waals surface area contributed by atoms with Crippen molar-refractivity contribution in [1.82, 2.24) is 20.2 Å². The van der Waals surface area contributed by atoms with Gasteiger partial charge in [0.1, 0.15) is 0 Å². The average molecular weight is 110 g/mol. The van der Waals surface area contributed by atoms with Crippen molar-refractivity contribution >= 4 is 0 Å². The summed E-state index contributed by atoms with van der Waals surface area (Å²) in [5, 5.41) is 11.2. The summed E-state index contributed by atoms with van der Waals surface area (Å²) in [5.41, 5.74) is 0. The second-order valence-electron chi connectivity index (χ2n) is 1.99. The van der Waals surface area contributed by atoms with Crippen LogP contribution in [0.15, 0.2) is 6.33 Å². The minimum absolute atomic E-state index is 0.567. The first-order chi connectivity index (χ1) is 3.97. The van der Waals surface area contributed by atoms with Gasteiger partial charge in [0, 0.05) is 0 Å². The Labute approximate surface area is 46.5 Å². The van der Waals surface area contributed by atoms with E-state index in [4.69, 9.17) is 0 Å². The van der Waals surface area contributed by atoms with Gasteiger partial charge in [0.25, 0.3) is 0 Å². The molecule has 4 nitrogen and oxygen atoms in total. The predicted molar refractivity (Wildman–Crippen MR) is 26.1 cm³/mol. The molecule has 1 aliphatic carbocycles. The molecule has 2 rings (SSSR count). The standard InChI is InChI=1S/C4H6N4/c1-2-4(1)8-6-3-5-7-8/h3-4H,1-2H2. The van der Waals surface area contributed by atoms with Gasteiger partial charge in [-0.1, -0.05) is 0 Å². The van der Waals surface area contributed by atoms with Crippen molar-refractivity contribution in [2.75, 3.05) is 0 Å². The Morgan fingerprint density at radius 1 is 1.50 bits per heavy atom. The van der Waals surface area contributed by atoms with Crippen LogP contribution in [-0.4, -0.2) is 20.2 Å². The highest BCUT2D eigenvalue weighted by atomic mass is 15.6. The Hall–Kier alpha value is -0.930. The first-order valence-corrected chi connectivity index (χ1v) is 2.69. The van der Waals surface area contributed by atoms with Gasteiger partial charge in [0.15, 0.2) is 6.33 Å². The largest absolute Gasteiger partial charge is 0.162 e. The van der Waals surface area contributed by atoms with E-state index in [1.54, 1.807) is 4.80 Å².